The van der Waals surface area contributed by atoms with E-state index in [0.717, 1.165) is 0 Å². The number of nitrogens with one attached hydrogen (secondary N) is 1. The van der Waals surface area contributed by atoms with Crippen LogP contribution in [0.5, 0.6) is 5.75 Å². The van der Waals surface area contributed by atoms with Crippen LogP contribution >= 0.6 is 0 Å². The number of carbonyl (C=O) groups is 1. The normalized spacial score (nSPS) is 15.4. The van der Waals surface area contributed by atoms with E-state index in [9.17, 15) is 13.2 Å². The molecule has 1 aliphatic heterocycles. The van der Waals surface area contributed by atoms with Crippen molar-refractivity contribution in [3.05, 3.63) is 54.1 Å². The molecular weight excluding hydrogens is 356 g/mol. The van der Waals surface area contributed by atoms with Crippen LogP contribution in [0.15, 0.2) is 53.4 Å². The third-order valence-corrected chi connectivity index (χ3v) is 5.95. The van der Waals surface area contributed by atoms with Crippen molar-refractivity contribution in [2.45, 2.75) is 4.90 Å². The van der Waals surface area contributed by atoms with Crippen molar-refractivity contribution in [2.75, 3.05) is 38.7 Å². The van der Waals surface area contributed by atoms with Gasteiger partial charge in [-0.25, -0.2) is 8.42 Å². The van der Waals surface area contributed by atoms with Gasteiger partial charge in [0.15, 0.2) is 0 Å². The molecule has 0 aliphatic carbocycles. The SMILES string of the molecule is COc1ccc(C(=O)Nc2cccc(S(=O)(=O)N3CCOCC3)c2)cc1. The molecule has 0 aromatic heterocycles. The molecule has 1 heterocycles. The molecule has 138 valence electrons. The van der Waals surface area contributed by atoms with Crippen molar-refractivity contribution in [2.24, 2.45) is 0 Å². The van der Waals surface area contributed by atoms with Crippen LogP contribution in [0.25, 0.3) is 0 Å². The quantitative estimate of drug-likeness (QED) is 0.862. The number of ether oxygens (including phenoxy) is 2. The Labute approximate surface area is 152 Å². The second-order valence-corrected chi connectivity index (χ2v) is 7.66. The standard InChI is InChI=1S/C18H20N2O5S/c1-24-16-7-5-14(6-8-16)18(21)19-15-3-2-4-17(13-15)26(22,23)20-9-11-25-12-10-20/h2-8,13H,9-12H2,1H3,(H,19,21). The van der Waals surface area contributed by atoms with E-state index in [4.69, 9.17) is 9.47 Å². The molecular formula is C18H20N2O5S. The van der Waals surface area contributed by atoms with Gasteiger partial charge in [0.05, 0.1) is 25.2 Å². The molecule has 0 saturated carbocycles. The monoisotopic (exact) mass is 376 g/mol. The molecule has 2 aromatic carbocycles. The van der Waals surface area contributed by atoms with Crippen molar-refractivity contribution in [1.82, 2.24) is 4.31 Å². The highest BCUT2D eigenvalue weighted by molar-refractivity contribution is 7.89. The van der Waals surface area contributed by atoms with E-state index in [2.05, 4.69) is 5.32 Å². The van der Waals surface area contributed by atoms with Gasteiger partial charge in [0.25, 0.3) is 5.91 Å². The highest BCUT2D eigenvalue weighted by Gasteiger charge is 2.26. The van der Waals surface area contributed by atoms with Crippen LogP contribution in [0.2, 0.25) is 0 Å². The van der Waals surface area contributed by atoms with Crippen LogP contribution in [-0.4, -0.2) is 52.0 Å². The van der Waals surface area contributed by atoms with E-state index in [-0.39, 0.29) is 10.8 Å². The lowest BCUT2D eigenvalue weighted by molar-refractivity contribution is 0.0730. The minimum Gasteiger partial charge on any atom is -0.497 e. The summed E-state index contributed by atoms with van der Waals surface area (Å²) in [5.41, 5.74) is 0.868. The molecule has 0 atom stereocenters. The summed E-state index contributed by atoms with van der Waals surface area (Å²) >= 11 is 0. The average molecular weight is 376 g/mol. The van der Waals surface area contributed by atoms with Gasteiger partial charge in [0, 0.05) is 24.3 Å². The summed E-state index contributed by atoms with van der Waals surface area (Å²) in [6, 6.07) is 12.9. The smallest absolute Gasteiger partial charge is 0.255 e. The van der Waals surface area contributed by atoms with Crippen LogP contribution < -0.4 is 10.1 Å². The van der Waals surface area contributed by atoms with Gasteiger partial charge in [-0.15, -0.1) is 0 Å². The van der Waals surface area contributed by atoms with Gasteiger partial charge in [-0.1, -0.05) is 6.07 Å². The zero-order chi connectivity index (χ0) is 18.6. The highest BCUT2D eigenvalue weighted by Crippen LogP contribution is 2.21. The highest BCUT2D eigenvalue weighted by atomic mass is 32.2. The van der Waals surface area contributed by atoms with Crippen LogP contribution in [0.1, 0.15) is 10.4 Å². The Balaban J connectivity index is 1.77. The van der Waals surface area contributed by atoms with Gasteiger partial charge in [-0.3, -0.25) is 4.79 Å². The van der Waals surface area contributed by atoms with Gasteiger partial charge in [0.1, 0.15) is 5.75 Å². The summed E-state index contributed by atoms with van der Waals surface area (Å²) < 4.78 is 37.1. The molecule has 1 amide bonds. The summed E-state index contributed by atoms with van der Waals surface area (Å²) in [6.45, 7) is 1.41. The fourth-order valence-electron chi connectivity index (χ4n) is 2.62. The average Bonchev–Trinajstić information content (AvgIpc) is 2.69. The first-order valence-electron chi connectivity index (χ1n) is 8.14. The number of anilines is 1. The van der Waals surface area contributed by atoms with Crippen molar-refractivity contribution in [3.63, 3.8) is 0 Å². The number of methoxy groups -OCH3 is 1. The molecule has 0 unspecified atom stereocenters. The lowest BCUT2D eigenvalue weighted by atomic mass is 10.2. The van der Waals surface area contributed by atoms with Gasteiger partial charge in [0.2, 0.25) is 10.0 Å². The molecule has 26 heavy (non-hydrogen) atoms. The Hall–Kier alpha value is -2.42. The van der Waals surface area contributed by atoms with Crippen LogP contribution in [-0.2, 0) is 14.8 Å². The number of morpholine rings is 1. The molecule has 2 aromatic rings. The molecule has 1 fully saturated rings. The van der Waals surface area contributed by atoms with Crippen molar-refractivity contribution < 1.29 is 22.7 Å². The van der Waals surface area contributed by atoms with Gasteiger partial charge in [-0.05, 0) is 42.5 Å². The molecule has 1 N–H and O–H groups in total. The van der Waals surface area contributed by atoms with Gasteiger partial charge in [-0.2, -0.15) is 4.31 Å². The Morgan fingerprint density at radius 3 is 2.46 bits per heavy atom. The molecule has 1 saturated heterocycles. The maximum atomic E-state index is 12.7. The van der Waals surface area contributed by atoms with Crippen LogP contribution in [0.3, 0.4) is 0 Å². The summed E-state index contributed by atoms with van der Waals surface area (Å²) in [7, 11) is -2.06. The Kier molecular flexibility index (Phi) is 5.55. The number of rotatable bonds is 5. The van der Waals surface area contributed by atoms with E-state index >= 15 is 0 Å². The molecule has 0 spiro atoms. The minimum absolute atomic E-state index is 0.145. The van der Waals surface area contributed by atoms with E-state index in [1.165, 1.54) is 16.4 Å². The van der Waals surface area contributed by atoms with Crippen molar-refractivity contribution >= 4 is 21.6 Å². The lowest BCUT2D eigenvalue weighted by Crippen LogP contribution is -2.40. The number of nitrogens with zero attached hydrogens (tertiary/aromatic N) is 1. The molecule has 3 rings (SSSR count). The largest absolute Gasteiger partial charge is 0.497 e. The van der Waals surface area contributed by atoms with E-state index in [0.29, 0.717) is 43.3 Å². The number of hydrogen-bond acceptors (Lipinski definition) is 5. The lowest BCUT2D eigenvalue weighted by Gasteiger charge is -2.26. The fourth-order valence-corrected chi connectivity index (χ4v) is 4.07. The topological polar surface area (TPSA) is 84.9 Å². The molecule has 0 bridgehead atoms. The summed E-state index contributed by atoms with van der Waals surface area (Å²) in [5, 5.41) is 2.72. The first-order chi connectivity index (χ1) is 12.5. The summed E-state index contributed by atoms with van der Waals surface area (Å²) in [5.74, 6) is 0.328. The fraction of sp³-hybridized carbons (Fsp3) is 0.278. The zero-order valence-electron chi connectivity index (χ0n) is 14.3. The Morgan fingerprint density at radius 2 is 1.81 bits per heavy atom. The maximum Gasteiger partial charge on any atom is 0.255 e. The van der Waals surface area contributed by atoms with Crippen molar-refractivity contribution in [1.29, 1.82) is 0 Å². The number of benzene rings is 2. The zero-order valence-corrected chi connectivity index (χ0v) is 15.2. The Morgan fingerprint density at radius 1 is 1.12 bits per heavy atom. The second-order valence-electron chi connectivity index (χ2n) is 5.73. The number of hydrogen-bond donors (Lipinski definition) is 1. The minimum atomic E-state index is -3.61. The second kappa shape index (κ2) is 7.86. The number of sulfonamides is 1. The predicted octanol–water partition coefficient (Wildman–Crippen LogP) is 1.97. The number of carbonyl (C=O) groups excluding carboxylic acids is 1. The molecule has 7 nitrogen and oxygen atoms in total. The van der Waals surface area contributed by atoms with E-state index in [1.807, 2.05) is 0 Å². The summed E-state index contributed by atoms with van der Waals surface area (Å²) in [6.07, 6.45) is 0. The summed E-state index contributed by atoms with van der Waals surface area (Å²) in [4.78, 5) is 12.5. The molecule has 1 aliphatic rings. The predicted molar refractivity (Wildman–Crippen MR) is 97.0 cm³/mol. The number of amides is 1. The van der Waals surface area contributed by atoms with E-state index in [1.54, 1.807) is 43.5 Å². The maximum absolute atomic E-state index is 12.7. The molecule has 0 radical (unpaired) electrons. The first-order valence-corrected chi connectivity index (χ1v) is 9.58. The van der Waals surface area contributed by atoms with E-state index < -0.39 is 10.0 Å². The third kappa shape index (κ3) is 4.04. The molecule has 8 heteroatoms. The van der Waals surface area contributed by atoms with Gasteiger partial charge < -0.3 is 14.8 Å². The van der Waals surface area contributed by atoms with Crippen molar-refractivity contribution in [3.8, 4) is 5.75 Å². The third-order valence-electron chi connectivity index (χ3n) is 4.05. The van der Waals surface area contributed by atoms with Crippen LogP contribution in [0, 0.1) is 0 Å². The van der Waals surface area contributed by atoms with Crippen LogP contribution in [0.4, 0.5) is 5.69 Å². The van der Waals surface area contributed by atoms with Gasteiger partial charge >= 0.3 is 0 Å². The first kappa shape index (κ1) is 18.4. The Bertz CT molecular complexity index is 875.